The van der Waals surface area contributed by atoms with Gasteiger partial charge in [-0.25, -0.2) is 29.9 Å². The van der Waals surface area contributed by atoms with E-state index in [2.05, 4.69) is 38.4 Å². The van der Waals surface area contributed by atoms with Gasteiger partial charge in [0.1, 0.15) is 63.8 Å². The average molecular weight is 1080 g/mol. The Morgan fingerprint density at radius 2 is 1.08 bits per heavy atom. The topological polar surface area (TPSA) is 262 Å². The van der Waals surface area contributed by atoms with Crippen LogP contribution in [0.25, 0.3) is 67.8 Å². The van der Waals surface area contributed by atoms with Gasteiger partial charge in [0.2, 0.25) is 0 Å². The van der Waals surface area contributed by atoms with E-state index in [4.69, 9.17) is 65.3 Å². The Bertz CT molecular complexity index is 3610. The summed E-state index contributed by atoms with van der Waals surface area (Å²) in [6.07, 6.45) is 14.2. The number of aryl methyl sites for hydroxylation is 3. The molecule has 23 heteroatoms. The lowest BCUT2D eigenvalue weighted by molar-refractivity contribution is 0.0697. The summed E-state index contributed by atoms with van der Waals surface area (Å²) in [5.74, 6) is 2.39. The third kappa shape index (κ3) is 11.5. The van der Waals surface area contributed by atoms with Gasteiger partial charge in [0.15, 0.2) is 11.6 Å². The Hall–Kier alpha value is -8.54. The van der Waals surface area contributed by atoms with Crippen LogP contribution in [-0.2, 0) is 18.8 Å². The van der Waals surface area contributed by atoms with E-state index in [1.165, 1.54) is 9.13 Å². The number of hydrogen-bond acceptors (Lipinski definition) is 19. The molecule has 0 unspecified atom stereocenters. The van der Waals surface area contributed by atoms with Crippen LogP contribution < -0.4 is 41.5 Å². The molecule has 2 saturated heterocycles. The Kier molecular flexibility index (Phi) is 15.8. The number of rotatable bonds is 18. The maximum atomic E-state index is 13.7. The molecule has 2 aromatic carbocycles. The number of aromatic nitrogens is 12. The second kappa shape index (κ2) is 23.2. The standard InChI is InChI=1S/C56H66N16O7/c1-33-44(46-29-60-54(58)52(63-46)48-32-68(4)55(73)49(64-48)35-21-39(75-6)25-40(22-35)76-7)30-71(66-33)37-11-15-70(16-12-37)17-18-78-19-20-79-42-24-36(23-41(26-42)77-8)50-56(74)69(5)31-47(65-50)51-53(57)59-28-45(62-51)43-27-61-72(34(43)2)38-9-13-67(3)14-10-38/h21-32,37-38H,9-20H2,1-8H3,(H2,57,59)(H2,58,60). The molecule has 0 spiro atoms. The molecule has 0 aliphatic carbocycles. The number of hydrogen-bond donors (Lipinski definition) is 2. The fraction of sp³-hybridized carbons (Fsp3) is 0.393. The number of anilines is 2. The highest BCUT2D eigenvalue weighted by Crippen LogP contribution is 2.35. The van der Waals surface area contributed by atoms with E-state index in [0.717, 1.165) is 80.9 Å². The summed E-state index contributed by atoms with van der Waals surface area (Å²) in [6, 6.07) is 11.0. The van der Waals surface area contributed by atoms with E-state index >= 15 is 0 Å². The molecule has 412 valence electrons. The van der Waals surface area contributed by atoms with Crippen molar-refractivity contribution in [3.8, 4) is 90.8 Å². The van der Waals surface area contributed by atoms with E-state index in [1.54, 1.807) is 96.6 Å². The molecule has 0 radical (unpaired) electrons. The van der Waals surface area contributed by atoms with Gasteiger partial charge in [-0.05, 0) is 83.9 Å². The number of benzene rings is 2. The lowest BCUT2D eigenvalue weighted by Crippen LogP contribution is -2.37. The van der Waals surface area contributed by atoms with Gasteiger partial charge in [-0.15, -0.1) is 0 Å². The molecule has 0 atom stereocenters. The van der Waals surface area contributed by atoms with Crippen molar-refractivity contribution in [1.29, 1.82) is 0 Å². The number of likely N-dealkylation sites (tertiary alicyclic amines) is 2. The summed E-state index contributed by atoms with van der Waals surface area (Å²) in [5, 5.41) is 9.67. The number of nitrogens with zero attached hydrogens (tertiary/aromatic N) is 14. The Balaban J connectivity index is 0.737. The molecule has 10 rings (SSSR count). The Morgan fingerprint density at radius 1 is 0.570 bits per heavy atom. The minimum Gasteiger partial charge on any atom is -0.497 e. The predicted octanol–water partition coefficient (Wildman–Crippen LogP) is 5.66. The van der Waals surface area contributed by atoms with E-state index < -0.39 is 0 Å². The summed E-state index contributed by atoms with van der Waals surface area (Å²) in [4.78, 5) is 60.2. The van der Waals surface area contributed by atoms with Crippen molar-refractivity contribution in [3.05, 3.63) is 106 Å². The summed E-state index contributed by atoms with van der Waals surface area (Å²) in [7, 11) is 10.1. The molecule has 79 heavy (non-hydrogen) atoms. The molecule has 4 N–H and O–H groups in total. The van der Waals surface area contributed by atoms with Crippen LogP contribution in [0.15, 0.2) is 83.2 Å². The third-order valence-electron chi connectivity index (χ3n) is 14.8. The first-order chi connectivity index (χ1) is 38.2. The van der Waals surface area contributed by atoms with Gasteiger partial charge in [-0.3, -0.25) is 19.0 Å². The number of nitrogen functional groups attached to an aromatic ring is 2. The van der Waals surface area contributed by atoms with Gasteiger partial charge in [0.05, 0.1) is 82.3 Å². The number of piperidine rings is 2. The second-order valence-electron chi connectivity index (χ2n) is 20.0. The maximum Gasteiger partial charge on any atom is 0.276 e. The monoisotopic (exact) mass is 1070 g/mol. The first-order valence-corrected chi connectivity index (χ1v) is 26.2. The Labute approximate surface area is 456 Å². The average Bonchev–Trinajstić information content (AvgIpc) is 4.20. The SMILES string of the molecule is COc1cc(OC)cc(-c2nc(-c3nc(-c4cn(C5CCN(CCOCCOc6cc(OC)cc(-c7nc(-c8nc(-c9cnn(C%10CCN(C)CC%10)c9C)cnc8N)cn(C)c7=O)c6)CC5)nc4C)cnc3N)cn(C)c2=O)c1. The van der Waals surface area contributed by atoms with Crippen LogP contribution in [0.3, 0.4) is 0 Å². The minimum atomic E-state index is -0.319. The first kappa shape index (κ1) is 53.8. The molecule has 6 aromatic heterocycles. The minimum absolute atomic E-state index is 0.175. The van der Waals surface area contributed by atoms with Crippen LogP contribution in [0.5, 0.6) is 23.0 Å². The molecular formula is C56H66N16O7. The summed E-state index contributed by atoms with van der Waals surface area (Å²) < 4.78 is 35.8. The van der Waals surface area contributed by atoms with Crippen LogP contribution in [0.4, 0.5) is 11.6 Å². The summed E-state index contributed by atoms with van der Waals surface area (Å²) in [6.45, 7) is 9.71. The van der Waals surface area contributed by atoms with Crippen molar-refractivity contribution < 1.29 is 23.7 Å². The highest BCUT2D eigenvalue weighted by Gasteiger charge is 2.26. The summed E-state index contributed by atoms with van der Waals surface area (Å²) >= 11 is 0. The first-order valence-electron chi connectivity index (χ1n) is 26.2. The van der Waals surface area contributed by atoms with Crippen LogP contribution in [-0.4, -0.2) is 149 Å². The molecule has 0 bridgehead atoms. The van der Waals surface area contributed by atoms with Crippen molar-refractivity contribution in [2.45, 2.75) is 51.6 Å². The zero-order valence-corrected chi connectivity index (χ0v) is 45.8. The van der Waals surface area contributed by atoms with Crippen LogP contribution in [0.1, 0.15) is 49.2 Å². The van der Waals surface area contributed by atoms with Gasteiger partial charge in [0, 0.05) is 92.4 Å². The fourth-order valence-electron chi connectivity index (χ4n) is 10.2. The van der Waals surface area contributed by atoms with E-state index in [9.17, 15) is 9.59 Å². The van der Waals surface area contributed by atoms with Crippen LogP contribution in [0, 0.1) is 13.8 Å². The summed E-state index contributed by atoms with van der Waals surface area (Å²) in [5.41, 5.74) is 19.8. The predicted molar refractivity (Wildman–Crippen MR) is 299 cm³/mol. The lowest BCUT2D eigenvalue weighted by atomic mass is 10.1. The lowest BCUT2D eigenvalue weighted by Gasteiger charge is -2.31. The normalized spacial score (nSPS) is 14.7. The molecule has 0 amide bonds. The largest absolute Gasteiger partial charge is 0.497 e. The molecule has 2 fully saturated rings. The Morgan fingerprint density at radius 3 is 1.63 bits per heavy atom. The fourth-order valence-corrected chi connectivity index (χ4v) is 10.2. The maximum absolute atomic E-state index is 13.7. The number of methoxy groups -OCH3 is 3. The number of ether oxygens (including phenoxy) is 5. The molecule has 23 nitrogen and oxygen atoms in total. The molecular weight excluding hydrogens is 1010 g/mol. The molecule has 8 heterocycles. The molecule has 8 aromatic rings. The zero-order valence-electron chi connectivity index (χ0n) is 45.8. The van der Waals surface area contributed by atoms with Gasteiger partial charge in [-0.1, -0.05) is 0 Å². The highest BCUT2D eigenvalue weighted by molar-refractivity contribution is 5.75. The van der Waals surface area contributed by atoms with Crippen molar-refractivity contribution in [1.82, 2.24) is 68.4 Å². The van der Waals surface area contributed by atoms with Gasteiger partial charge in [-0.2, -0.15) is 10.2 Å². The second-order valence-corrected chi connectivity index (χ2v) is 20.0. The van der Waals surface area contributed by atoms with Crippen molar-refractivity contribution in [2.75, 3.05) is 92.4 Å². The molecule has 0 saturated carbocycles. The quantitative estimate of drug-likeness (QED) is 0.0983. The molecule has 2 aliphatic rings. The van der Waals surface area contributed by atoms with Crippen LogP contribution in [0.2, 0.25) is 0 Å². The number of nitrogens with two attached hydrogens (primary N) is 2. The van der Waals surface area contributed by atoms with Crippen molar-refractivity contribution in [2.24, 2.45) is 14.1 Å². The van der Waals surface area contributed by atoms with E-state index in [-0.39, 0.29) is 46.8 Å². The zero-order chi connectivity index (χ0) is 55.5. The van der Waals surface area contributed by atoms with Crippen LogP contribution >= 0.6 is 0 Å². The highest BCUT2D eigenvalue weighted by atomic mass is 16.5. The van der Waals surface area contributed by atoms with Gasteiger partial charge < -0.3 is 54.1 Å². The molecule has 2 aliphatic heterocycles. The van der Waals surface area contributed by atoms with E-state index in [1.807, 2.05) is 24.0 Å². The third-order valence-corrected chi connectivity index (χ3v) is 14.8. The smallest absolute Gasteiger partial charge is 0.276 e. The van der Waals surface area contributed by atoms with E-state index in [0.29, 0.717) is 87.5 Å². The van der Waals surface area contributed by atoms with Gasteiger partial charge in [0.25, 0.3) is 11.1 Å². The van der Waals surface area contributed by atoms with Crippen molar-refractivity contribution in [3.63, 3.8) is 0 Å². The van der Waals surface area contributed by atoms with Crippen molar-refractivity contribution >= 4 is 11.6 Å². The van der Waals surface area contributed by atoms with Gasteiger partial charge >= 0.3 is 0 Å².